The summed E-state index contributed by atoms with van der Waals surface area (Å²) < 4.78 is 4.81. The molecule has 1 fully saturated rings. The summed E-state index contributed by atoms with van der Waals surface area (Å²) in [5, 5.41) is 0. The van der Waals surface area contributed by atoms with E-state index < -0.39 is 0 Å². The Kier molecular flexibility index (Phi) is 4.33. The van der Waals surface area contributed by atoms with Crippen LogP contribution in [0.25, 0.3) is 0 Å². The third kappa shape index (κ3) is 3.76. The topological polar surface area (TPSA) is 55.6 Å². The third-order valence-electron chi connectivity index (χ3n) is 3.06. The van der Waals surface area contributed by atoms with Crippen molar-refractivity contribution in [3.8, 4) is 0 Å². The fraction of sp³-hybridized carbons (Fsp3) is 0.917. The Hall–Kier alpha value is -0.610. The number of rotatable bonds is 3. The maximum Gasteiger partial charge on any atom is 0.323 e. The van der Waals surface area contributed by atoms with Gasteiger partial charge in [-0.1, -0.05) is 20.8 Å². The molecule has 0 aromatic carbocycles. The maximum absolute atomic E-state index is 11.6. The lowest BCUT2D eigenvalue weighted by Crippen LogP contribution is -2.38. The molecule has 1 aliphatic heterocycles. The maximum atomic E-state index is 11.6. The number of hydrogen-bond acceptors (Lipinski definition) is 4. The molecule has 0 amide bonds. The van der Waals surface area contributed by atoms with Crippen LogP contribution < -0.4 is 5.73 Å². The summed E-state index contributed by atoms with van der Waals surface area (Å²) in [7, 11) is 1.44. The van der Waals surface area contributed by atoms with Crippen molar-refractivity contribution in [2.24, 2.45) is 11.1 Å². The van der Waals surface area contributed by atoms with E-state index in [1.54, 1.807) is 0 Å². The highest BCUT2D eigenvalue weighted by molar-refractivity contribution is 5.76. The summed E-state index contributed by atoms with van der Waals surface area (Å²) in [4.78, 5) is 13.7. The van der Waals surface area contributed by atoms with Crippen molar-refractivity contribution < 1.29 is 9.53 Å². The van der Waals surface area contributed by atoms with Crippen molar-refractivity contribution in [2.45, 2.75) is 45.7 Å². The van der Waals surface area contributed by atoms with Gasteiger partial charge in [-0.3, -0.25) is 9.69 Å². The molecule has 0 radical (unpaired) electrons. The minimum absolute atomic E-state index is 0.101. The standard InChI is InChI=1S/C12H24N2O2/c1-12(2,3)5-6-14-8-9(13)7-10(14)11(15)16-4/h9-10H,5-8,13H2,1-4H3. The Morgan fingerprint density at radius 1 is 1.50 bits per heavy atom. The Labute approximate surface area is 98.1 Å². The zero-order valence-electron chi connectivity index (χ0n) is 10.8. The SMILES string of the molecule is COC(=O)C1CC(N)CN1CCC(C)(C)C. The molecule has 1 rings (SSSR count). The van der Waals surface area contributed by atoms with Crippen LogP contribution in [0.5, 0.6) is 0 Å². The average Bonchev–Trinajstić information content (AvgIpc) is 2.54. The predicted octanol–water partition coefficient (Wildman–Crippen LogP) is 0.997. The van der Waals surface area contributed by atoms with Gasteiger partial charge in [-0.2, -0.15) is 0 Å². The van der Waals surface area contributed by atoms with E-state index >= 15 is 0 Å². The second-order valence-corrected chi connectivity index (χ2v) is 5.84. The molecule has 0 bridgehead atoms. The number of nitrogens with zero attached hydrogens (tertiary/aromatic N) is 1. The number of likely N-dealkylation sites (tertiary alicyclic amines) is 1. The molecule has 4 heteroatoms. The molecule has 1 saturated heterocycles. The van der Waals surface area contributed by atoms with E-state index in [4.69, 9.17) is 10.5 Å². The van der Waals surface area contributed by atoms with Crippen LogP contribution in [0.15, 0.2) is 0 Å². The summed E-state index contributed by atoms with van der Waals surface area (Å²) in [6.45, 7) is 8.33. The lowest BCUT2D eigenvalue weighted by molar-refractivity contribution is -0.145. The second-order valence-electron chi connectivity index (χ2n) is 5.84. The van der Waals surface area contributed by atoms with Gasteiger partial charge in [-0.15, -0.1) is 0 Å². The Morgan fingerprint density at radius 3 is 2.62 bits per heavy atom. The third-order valence-corrected chi connectivity index (χ3v) is 3.06. The van der Waals surface area contributed by atoms with E-state index in [-0.39, 0.29) is 23.5 Å². The molecule has 1 heterocycles. The summed E-state index contributed by atoms with van der Waals surface area (Å²) in [5.41, 5.74) is 6.18. The lowest BCUT2D eigenvalue weighted by atomic mass is 9.92. The van der Waals surface area contributed by atoms with E-state index in [0.29, 0.717) is 0 Å². The predicted molar refractivity (Wildman–Crippen MR) is 64.0 cm³/mol. The molecule has 0 spiro atoms. The normalized spacial score (nSPS) is 27.1. The molecule has 2 N–H and O–H groups in total. The summed E-state index contributed by atoms with van der Waals surface area (Å²) in [5.74, 6) is -0.151. The Balaban J connectivity index is 2.53. The van der Waals surface area contributed by atoms with Crippen LogP contribution in [-0.2, 0) is 9.53 Å². The van der Waals surface area contributed by atoms with E-state index in [2.05, 4.69) is 25.7 Å². The van der Waals surface area contributed by atoms with E-state index in [9.17, 15) is 4.79 Å². The van der Waals surface area contributed by atoms with Crippen LogP contribution in [-0.4, -0.2) is 43.2 Å². The summed E-state index contributed by atoms with van der Waals surface area (Å²) >= 11 is 0. The minimum atomic E-state index is -0.151. The van der Waals surface area contributed by atoms with Crippen LogP contribution in [0, 0.1) is 5.41 Å². The molecule has 0 saturated carbocycles. The Morgan fingerprint density at radius 2 is 2.12 bits per heavy atom. The lowest BCUT2D eigenvalue weighted by Gasteiger charge is -2.26. The van der Waals surface area contributed by atoms with Gasteiger partial charge in [0.15, 0.2) is 0 Å². The largest absolute Gasteiger partial charge is 0.468 e. The Bertz CT molecular complexity index is 248. The summed E-state index contributed by atoms with van der Waals surface area (Å²) in [6, 6.07) is -0.0357. The molecule has 0 aromatic heterocycles. The molecule has 4 nitrogen and oxygen atoms in total. The quantitative estimate of drug-likeness (QED) is 0.732. The van der Waals surface area contributed by atoms with Crippen molar-refractivity contribution >= 4 is 5.97 Å². The molecular formula is C12H24N2O2. The number of methoxy groups -OCH3 is 1. The molecule has 2 unspecified atom stereocenters. The van der Waals surface area contributed by atoms with Crippen molar-refractivity contribution in [3.05, 3.63) is 0 Å². The van der Waals surface area contributed by atoms with Crippen molar-refractivity contribution in [3.63, 3.8) is 0 Å². The van der Waals surface area contributed by atoms with Crippen molar-refractivity contribution in [2.75, 3.05) is 20.2 Å². The number of carbonyl (C=O) groups excluding carboxylic acids is 1. The van der Waals surface area contributed by atoms with Crippen LogP contribution in [0.2, 0.25) is 0 Å². The monoisotopic (exact) mass is 228 g/mol. The molecular weight excluding hydrogens is 204 g/mol. The first kappa shape index (κ1) is 13.5. The highest BCUT2D eigenvalue weighted by atomic mass is 16.5. The second kappa shape index (κ2) is 5.15. The zero-order valence-corrected chi connectivity index (χ0v) is 10.8. The number of nitrogens with two attached hydrogens (primary N) is 1. The number of carbonyl (C=O) groups is 1. The minimum Gasteiger partial charge on any atom is -0.468 e. The van der Waals surface area contributed by atoms with Gasteiger partial charge in [-0.05, 0) is 24.8 Å². The highest BCUT2D eigenvalue weighted by Gasteiger charge is 2.35. The van der Waals surface area contributed by atoms with Gasteiger partial charge in [0.2, 0.25) is 0 Å². The van der Waals surface area contributed by atoms with Gasteiger partial charge in [0.05, 0.1) is 7.11 Å². The summed E-state index contributed by atoms with van der Waals surface area (Å²) in [6.07, 6.45) is 1.78. The van der Waals surface area contributed by atoms with Crippen LogP contribution >= 0.6 is 0 Å². The molecule has 2 atom stereocenters. The van der Waals surface area contributed by atoms with Gasteiger partial charge >= 0.3 is 5.97 Å². The fourth-order valence-corrected chi connectivity index (χ4v) is 2.05. The fourth-order valence-electron chi connectivity index (χ4n) is 2.05. The smallest absolute Gasteiger partial charge is 0.323 e. The first-order chi connectivity index (χ1) is 7.33. The van der Waals surface area contributed by atoms with E-state index in [0.717, 1.165) is 25.9 Å². The number of esters is 1. The van der Waals surface area contributed by atoms with Crippen molar-refractivity contribution in [1.82, 2.24) is 4.90 Å². The first-order valence-electron chi connectivity index (χ1n) is 5.91. The highest BCUT2D eigenvalue weighted by Crippen LogP contribution is 2.23. The zero-order chi connectivity index (χ0) is 12.3. The molecule has 1 aliphatic rings. The van der Waals surface area contributed by atoms with Gasteiger partial charge in [-0.25, -0.2) is 0 Å². The average molecular weight is 228 g/mol. The van der Waals surface area contributed by atoms with Crippen LogP contribution in [0.3, 0.4) is 0 Å². The molecule has 16 heavy (non-hydrogen) atoms. The van der Waals surface area contributed by atoms with Crippen LogP contribution in [0.4, 0.5) is 0 Å². The van der Waals surface area contributed by atoms with Crippen LogP contribution in [0.1, 0.15) is 33.6 Å². The molecule has 0 aliphatic carbocycles. The number of ether oxygens (including phenoxy) is 1. The van der Waals surface area contributed by atoms with Gasteiger partial charge in [0, 0.05) is 12.6 Å². The van der Waals surface area contributed by atoms with Gasteiger partial charge in [0.25, 0.3) is 0 Å². The van der Waals surface area contributed by atoms with E-state index in [1.807, 2.05) is 0 Å². The molecule has 94 valence electrons. The molecule has 0 aromatic rings. The van der Waals surface area contributed by atoms with Crippen molar-refractivity contribution in [1.29, 1.82) is 0 Å². The number of hydrogen-bond donors (Lipinski definition) is 1. The van der Waals surface area contributed by atoms with Gasteiger partial charge < -0.3 is 10.5 Å². The van der Waals surface area contributed by atoms with Gasteiger partial charge in [0.1, 0.15) is 6.04 Å². The first-order valence-corrected chi connectivity index (χ1v) is 5.91. The van der Waals surface area contributed by atoms with E-state index in [1.165, 1.54) is 7.11 Å².